The zero-order chi connectivity index (χ0) is 10.8. The van der Waals surface area contributed by atoms with Crippen LogP contribution in [-0.4, -0.2) is 36.0 Å². The summed E-state index contributed by atoms with van der Waals surface area (Å²) in [4.78, 5) is 0. The Hall–Kier alpha value is -0.120. The second-order valence-corrected chi connectivity index (χ2v) is 5.27. The van der Waals surface area contributed by atoms with E-state index in [0.29, 0.717) is 6.54 Å². The molecule has 84 valence electrons. The first-order chi connectivity index (χ1) is 6.35. The van der Waals surface area contributed by atoms with Crippen LogP contribution in [-0.2, 0) is 4.74 Å². The molecular formula is C11H23NO2. The van der Waals surface area contributed by atoms with E-state index in [1.165, 1.54) is 0 Å². The Morgan fingerprint density at radius 3 is 2.64 bits per heavy atom. The Bertz CT molecular complexity index is 190. The molecule has 0 aromatic carbocycles. The van der Waals surface area contributed by atoms with Crippen LogP contribution in [0.1, 0.15) is 40.0 Å². The molecule has 1 aliphatic rings. The predicted molar refractivity (Wildman–Crippen MR) is 57.4 cm³/mol. The molecule has 0 spiro atoms. The molecule has 14 heavy (non-hydrogen) atoms. The maximum absolute atomic E-state index is 10.0. The number of ether oxygens (including phenoxy) is 1. The molecule has 1 aliphatic heterocycles. The molecule has 0 amide bonds. The van der Waals surface area contributed by atoms with E-state index in [0.717, 1.165) is 19.3 Å². The Morgan fingerprint density at radius 1 is 1.57 bits per heavy atom. The van der Waals surface area contributed by atoms with Crippen LogP contribution < -0.4 is 5.32 Å². The smallest absolute Gasteiger partial charge is 0.0768 e. The van der Waals surface area contributed by atoms with Crippen LogP contribution in [0.25, 0.3) is 0 Å². The number of likely N-dealkylation sites (N-methyl/N-ethyl adjacent to an activating group) is 1. The van der Waals surface area contributed by atoms with Gasteiger partial charge in [-0.05, 0) is 40.7 Å². The van der Waals surface area contributed by atoms with Crippen molar-refractivity contribution in [2.24, 2.45) is 0 Å². The van der Waals surface area contributed by atoms with Gasteiger partial charge in [0.25, 0.3) is 0 Å². The highest BCUT2D eigenvalue weighted by atomic mass is 16.5. The summed E-state index contributed by atoms with van der Waals surface area (Å²) >= 11 is 0. The lowest BCUT2D eigenvalue weighted by molar-refractivity contribution is -0.0570. The van der Waals surface area contributed by atoms with Crippen molar-refractivity contribution in [3.63, 3.8) is 0 Å². The number of hydrogen-bond donors (Lipinski definition) is 2. The highest BCUT2D eigenvalue weighted by Crippen LogP contribution is 2.33. The van der Waals surface area contributed by atoms with Crippen molar-refractivity contribution in [2.45, 2.75) is 57.3 Å². The van der Waals surface area contributed by atoms with Crippen LogP contribution in [0.3, 0.4) is 0 Å². The summed E-state index contributed by atoms with van der Waals surface area (Å²) in [5.41, 5.74) is -0.653. The first-order valence-corrected chi connectivity index (χ1v) is 5.39. The molecule has 0 aromatic rings. The quantitative estimate of drug-likeness (QED) is 0.720. The summed E-state index contributed by atoms with van der Waals surface area (Å²) in [5, 5.41) is 13.0. The minimum atomic E-state index is -0.653. The van der Waals surface area contributed by atoms with E-state index in [2.05, 4.69) is 19.2 Å². The van der Waals surface area contributed by atoms with Crippen molar-refractivity contribution in [1.29, 1.82) is 0 Å². The zero-order valence-corrected chi connectivity index (χ0v) is 9.76. The third-order valence-electron chi connectivity index (χ3n) is 2.78. The third kappa shape index (κ3) is 3.56. The molecule has 1 heterocycles. The zero-order valence-electron chi connectivity index (χ0n) is 9.76. The topological polar surface area (TPSA) is 41.5 Å². The van der Waals surface area contributed by atoms with Gasteiger partial charge in [-0.15, -0.1) is 0 Å². The lowest BCUT2D eigenvalue weighted by Crippen LogP contribution is -2.39. The van der Waals surface area contributed by atoms with Crippen molar-refractivity contribution >= 4 is 0 Å². The van der Waals surface area contributed by atoms with Gasteiger partial charge >= 0.3 is 0 Å². The minimum Gasteiger partial charge on any atom is -0.389 e. The second-order valence-electron chi connectivity index (χ2n) is 5.27. The van der Waals surface area contributed by atoms with Crippen molar-refractivity contribution in [1.82, 2.24) is 5.32 Å². The minimum absolute atomic E-state index is 0.000387. The maximum Gasteiger partial charge on any atom is 0.0768 e. The van der Waals surface area contributed by atoms with Crippen molar-refractivity contribution in [3.05, 3.63) is 0 Å². The van der Waals surface area contributed by atoms with Crippen molar-refractivity contribution in [2.75, 3.05) is 13.6 Å². The average Bonchev–Trinajstić information content (AvgIpc) is 2.28. The van der Waals surface area contributed by atoms with E-state index in [-0.39, 0.29) is 11.7 Å². The molecule has 0 aliphatic carbocycles. The maximum atomic E-state index is 10.0. The molecular weight excluding hydrogens is 178 g/mol. The van der Waals surface area contributed by atoms with Gasteiger partial charge in [0, 0.05) is 13.0 Å². The largest absolute Gasteiger partial charge is 0.389 e. The SMILES string of the molecule is CNCC(C)(O)CC1CCC(C)(C)O1. The molecule has 1 saturated heterocycles. The fourth-order valence-corrected chi connectivity index (χ4v) is 2.16. The Balaban J connectivity index is 2.39. The van der Waals surface area contributed by atoms with Gasteiger partial charge in [-0.3, -0.25) is 0 Å². The van der Waals surface area contributed by atoms with E-state index in [4.69, 9.17) is 4.74 Å². The van der Waals surface area contributed by atoms with E-state index in [1.807, 2.05) is 14.0 Å². The second kappa shape index (κ2) is 4.17. The molecule has 2 atom stereocenters. The lowest BCUT2D eigenvalue weighted by atomic mass is 9.96. The summed E-state index contributed by atoms with van der Waals surface area (Å²) in [6.45, 7) is 6.70. The summed E-state index contributed by atoms with van der Waals surface area (Å²) in [7, 11) is 1.86. The first-order valence-electron chi connectivity index (χ1n) is 5.39. The standard InChI is InChI=1S/C11H23NO2/c1-10(2)6-5-9(14-10)7-11(3,13)8-12-4/h9,12-13H,5-8H2,1-4H3. The number of rotatable bonds is 4. The van der Waals surface area contributed by atoms with Crippen LogP contribution in [0, 0.1) is 0 Å². The van der Waals surface area contributed by atoms with Gasteiger partial charge in [-0.2, -0.15) is 0 Å². The van der Waals surface area contributed by atoms with Gasteiger partial charge in [-0.1, -0.05) is 0 Å². The van der Waals surface area contributed by atoms with Crippen LogP contribution >= 0.6 is 0 Å². The Kier molecular flexibility index (Phi) is 3.56. The Labute approximate surface area is 86.8 Å². The van der Waals surface area contributed by atoms with Gasteiger partial charge in [0.1, 0.15) is 0 Å². The molecule has 2 unspecified atom stereocenters. The van der Waals surface area contributed by atoms with Crippen LogP contribution in [0.15, 0.2) is 0 Å². The van der Waals surface area contributed by atoms with Crippen LogP contribution in [0.5, 0.6) is 0 Å². The van der Waals surface area contributed by atoms with Crippen molar-refractivity contribution < 1.29 is 9.84 Å². The third-order valence-corrected chi connectivity index (χ3v) is 2.78. The van der Waals surface area contributed by atoms with Gasteiger partial charge in [0.05, 0.1) is 17.3 Å². The monoisotopic (exact) mass is 201 g/mol. The summed E-state index contributed by atoms with van der Waals surface area (Å²) in [5.74, 6) is 0. The van der Waals surface area contributed by atoms with Crippen molar-refractivity contribution in [3.8, 4) is 0 Å². The van der Waals surface area contributed by atoms with Gasteiger partial charge in [0.15, 0.2) is 0 Å². The van der Waals surface area contributed by atoms with Gasteiger partial charge in [-0.25, -0.2) is 0 Å². The van der Waals surface area contributed by atoms with E-state index < -0.39 is 5.60 Å². The van der Waals surface area contributed by atoms with E-state index in [1.54, 1.807) is 0 Å². The molecule has 0 saturated carbocycles. The fourth-order valence-electron chi connectivity index (χ4n) is 2.16. The fraction of sp³-hybridized carbons (Fsp3) is 1.00. The first kappa shape index (κ1) is 12.0. The molecule has 0 radical (unpaired) electrons. The van der Waals surface area contributed by atoms with Crippen LogP contribution in [0.2, 0.25) is 0 Å². The number of nitrogens with one attached hydrogen (secondary N) is 1. The van der Waals surface area contributed by atoms with Gasteiger partial charge < -0.3 is 15.2 Å². The molecule has 1 fully saturated rings. The summed E-state index contributed by atoms with van der Waals surface area (Å²) in [6.07, 6.45) is 3.09. The van der Waals surface area contributed by atoms with Crippen LogP contribution in [0.4, 0.5) is 0 Å². The lowest BCUT2D eigenvalue weighted by Gasteiger charge is -2.27. The molecule has 3 nitrogen and oxygen atoms in total. The highest BCUT2D eigenvalue weighted by molar-refractivity contribution is 4.86. The molecule has 2 N–H and O–H groups in total. The average molecular weight is 201 g/mol. The van der Waals surface area contributed by atoms with E-state index >= 15 is 0 Å². The highest BCUT2D eigenvalue weighted by Gasteiger charge is 2.35. The molecule has 0 aromatic heterocycles. The summed E-state index contributed by atoms with van der Waals surface area (Å²) in [6, 6.07) is 0. The van der Waals surface area contributed by atoms with Gasteiger partial charge in [0.2, 0.25) is 0 Å². The summed E-state index contributed by atoms with van der Waals surface area (Å²) < 4.78 is 5.84. The molecule has 1 rings (SSSR count). The van der Waals surface area contributed by atoms with E-state index in [9.17, 15) is 5.11 Å². The normalized spacial score (nSPS) is 30.2. The Morgan fingerprint density at radius 2 is 2.21 bits per heavy atom. The molecule has 3 heteroatoms. The molecule has 0 bridgehead atoms. The number of hydrogen-bond acceptors (Lipinski definition) is 3. The number of aliphatic hydroxyl groups is 1. The predicted octanol–water partition coefficient (Wildman–Crippen LogP) is 1.30.